The summed E-state index contributed by atoms with van der Waals surface area (Å²) in [6, 6.07) is 12.7. The van der Waals surface area contributed by atoms with Gasteiger partial charge in [-0.05, 0) is 67.8 Å². The second kappa shape index (κ2) is 11.3. The summed E-state index contributed by atoms with van der Waals surface area (Å²) in [6.45, 7) is 9.37. The number of hydrogen-bond acceptors (Lipinski definition) is 6. The summed E-state index contributed by atoms with van der Waals surface area (Å²) in [6.07, 6.45) is 10.7. The van der Waals surface area contributed by atoms with E-state index in [2.05, 4.69) is 83.0 Å². The van der Waals surface area contributed by atoms with Crippen molar-refractivity contribution in [2.45, 2.75) is 33.6 Å². The smallest absolute Gasteiger partial charge is 0.129 e. The van der Waals surface area contributed by atoms with E-state index in [-0.39, 0.29) is 0 Å². The molecule has 1 aliphatic rings. The summed E-state index contributed by atoms with van der Waals surface area (Å²) in [5, 5.41) is 0. The number of fused-ring (bicyclic) bond motifs is 1. The van der Waals surface area contributed by atoms with Crippen LogP contribution in [0, 0.1) is 0 Å². The van der Waals surface area contributed by atoms with E-state index in [9.17, 15) is 0 Å². The summed E-state index contributed by atoms with van der Waals surface area (Å²) < 4.78 is 14.9. The number of methoxy groups -OCH3 is 1. The molecule has 0 amide bonds. The number of rotatable bonds is 9. The van der Waals surface area contributed by atoms with Gasteiger partial charge in [-0.1, -0.05) is 37.6 Å². The number of benzene rings is 2. The normalized spacial score (nSPS) is 12.9. The Hall–Kier alpha value is -3.25. The standard InChI is InChI=1S/C28H32N4OS/c1-5-8-19-29-22-13-9-20(10-14-22)26(21-11-15-23(16-12-21)32(6-2)7-3)27-25(33-4)18-17-24-28(27)31-34-30-24/h9-18H,5-8,19H2,1-4H3. The number of hydrogen-bond donors (Lipinski definition) is 0. The van der Waals surface area contributed by atoms with Gasteiger partial charge in [-0.3, -0.25) is 4.99 Å². The summed E-state index contributed by atoms with van der Waals surface area (Å²) >= 11 is 1.23. The third-order valence-corrected chi connectivity index (χ3v) is 6.65. The maximum Gasteiger partial charge on any atom is 0.129 e. The molecule has 0 unspecified atom stereocenters. The van der Waals surface area contributed by atoms with E-state index < -0.39 is 0 Å². The summed E-state index contributed by atoms with van der Waals surface area (Å²) in [5.74, 6) is 0.791. The minimum absolute atomic E-state index is 0.791. The van der Waals surface area contributed by atoms with Crippen molar-refractivity contribution in [2.24, 2.45) is 4.99 Å². The van der Waals surface area contributed by atoms with Gasteiger partial charge in [0.1, 0.15) is 16.8 Å². The molecule has 0 spiro atoms. The Morgan fingerprint density at radius 1 is 0.941 bits per heavy atom. The number of aliphatic imine (C=N–C) groups is 1. The first-order chi connectivity index (χ1) is 16.7. The monoisotopic (exact) mass is 472 g/mol. The molecule has 34 heavy (non-hydrogen) atoms. The molecule has 0 radical (unpaired) electrons. The predicted octanol–water partition coefficient (Wildman–Crippen LogP) is 6.72. The molecule has 0 saturated carbocycles. The molecule has 4 rings (SSSR count). The molecule has 0 atom stereocenters. The van der Waals surface area contributed by atoms with Crippen molar-refractivity contribution in [1.82, 2.24) is 8.75 Å². The maximum atomic E-state index is 5.82. The number of unbranched alkanes of at least 4 members (excludes halogenated alkanes) is 1. The SMILES string of the molecule is CCCCN=C1C=CC(=C(c2ccc(N(CC)CC)cc2)c2c(OC)ccc3nsnc23)C=C1. The molecule has 5 nitrogen and oxygen atoms in total. The van der Waals surface area contributed by atoms with Crippen LogP contribution in [0.3, 0.4) is 0 Å². The van der Waals surface area contributed by atoms with Gasteiger partial charge in [0, 0.05) is 30.9 Å². The van der Waals surface area contributed by atoms with Crippen LogP contribution in [0.2, 0.25) is 0 Å². The van der Waals surface area contributed by atoms with Gasteiger partial charge < -0.3 is 9.64 Å². The van der Waals surface area contributed by atoms with Crippen molar-refractivity contribution < 1.29 is 4.74 Å². The van der Waals surface area contributed by atoms with Crippen molar-refractivity contribution in [3.8, 4) is 5.75 Å². The zero-order chi connectivity index (χ0) is 23.9. The van der Waals surface area contributed by atoms with E-state index in [1.165, 1.54) is 17.4 Å². The van der Waals surface area contributed by atoms with Crippen LogP contribution in [-0.2, 0) is 0 Å². The van der Waals surface area contributed by atoms with E-state index in [4.69, 9.17) is 9.73 Å². The third-order valence-electron chi connectivity index (χ3n) is 6.11. The van der Waals surface area contributed by atoms with Crippen LogP contribution in [-0.4, -0.2) is 41.2 Å². The molecule has 0 saturated heterocycles. The van der Waals surface area contributed by atoms with Crippen LogP contribution in [0.5, 0.6) is 5.75 Å². The van der Waals surface area contributed by atoms with Crippen molar-refractivity contribution >= 4 is 39.7 Å². The van der Waals surface area contributed by atoms with Crippen molar-refractivity contribution in [3.05, 3.63) is 77.4 Å². The molecule has 2 aromatic carbocycles. The number of nitrogens with zero attached hydrogens (tertiary/aromatic N) is 4. The van der Waals surface area contributed by atoms with E-state index in [0.29, 0.717) is 0 Å². The van der Waals surface area contributed by atoms with Crippen LogP contribution in [0.4, 0.5) is 5.69 Å². The van der Waals surface area contributed by atoms with Gasteiger partial charge in [-0.15, -0.1) is 0 Å². The predicted molar refractivity (Wildman–Crippen MR) is 145 cm³/mol. The van der Waals surface area contributed by atoms with Crippen molar-refractivity contribution in [1.29, 1.82) is 0 Å². The van der Waals surface area contributed by atoms with Crippen LogP contribution < -0.4 is 9.64 Å². The van der Waals surface area contributed by atoms with E-state index in [0.717, 1.165) is 77.2 Å². The Morgan fingerprint density at radius 2 is 1.68 bits per heavy atom. The van der Waals surface area contributed by atoms with E-state index in [1.807, 2.05) is 12.1 Å². The van der Waals surface area contributed by atoms with Crippen LogP contribution in [0.15, 0.2) is 71.3 Å². The molecule has 1 heterocycles. The van der Waals surface area contributed by atoms with Gasteiger partial charge in [0.2, 0.25) is 0 Å². The van der Waals surface area contributed by atoms with E-state index >= 15 is 0 Å². The topological polar surface area (TPSA) is 50.6 Å². The Labute approximate surface area is 206 Å². The second-order valence-corrected chi connectivity index (χ2v) is 8.68. The summed E-state index contributed by atoms with van der Waals surface area (Å²) in [7, 11) is 1.71. The highest BCUT2D eigenvalue weighted by Crippen LogP contribution is 2.39. The maximum absolute atomic E-state index is 5.82. The third kappa shape index (κ3) is 4.97. The molecule has 1 aliphatic carbocycles. The average molecular weight is 473 g/mol. The van der Waals surface area contributed by atoms with E-state index in [1.54, 1.807) is 7.11 Å². The first-order valence-corrected chi connectivity index (χ1v) is 12.7. The highest BCUT2D eigenvalue weighted by atomic mass is 32.1. The van der Waals surface area contributed by atoms with Gasteiger partial charge in [-0.2, -0.15) is 8.75 Å². The summed E-state index contributed by atoms with van der Waals surface area (Å²) in [5.41, 5.74) is 8.25. The quantitative estimate of drug-likeness (QED) is 0.325. The number of ether oxygens (including phenoxy) is 1. The van der Waals surface area contributed by atoms with Gasteiger partial charge in [0.15, 0.2) is 0 Å². The molecule has 0 fully saturated rings. The van der Waals surface area contributed by atoms with Crippen LogP contribution in [0.1, 0.15) is 44.7 Å². The minimum atomic E-state index is 0.791. The van der Waals surface area contributed by atoms with Gasteiger partial charge in [0.05, 0.1) is 30.1 Å². The first-order valence-electron chi connectivity index (χ1n) is 12.0. The number of aromatic nitrogens is 2. The Kier molecular flexibility index (Phi) is 7.91. The molecular weight excluding hydrogens is 440 g/mol. The zero-order valence-electron chi connectivity index (χ0n) is 20.4. The lowest BCUT2D eigenvalue weighted by Gasteiger charge is -2.22. The zero-order valence-corrected chi connectivity index (χ0v) is 21.2. The van der Waals surface area contributed by atoms with Crippen molar-refractivity contribution in [2.75, 3.05) is 31.6 Å². The number of anilines is 1. The first kappa shape index (κ1) is 23.9. The van der Waals surface area contributed by atoms with Gasteiger partial charge in [-0.25, -0.2) is 0 Å². The Bertz CT molecular complexity index is 1230. The molecule has 176 valence electrons. The molecule has 6 heteroatoms. The molecule has 0 bridgehead atoms. The molecular formula is C28H32N4OS. The number of allylic oxidation sites excluding steroid dienone is 5. The fourth-order valence-electron chi connectivity index (χ4n) is 4.23. The molecule has 0 N–H and O–H groups in total. The second-order valence-electron chi connectivity index (χ2n) is 8.15. The largest absolute Gasteiger partial charge is 0.496 e. The van der Waals surface area contributed by atoms with Crippen LogP contribution in [0.25, 0.3) is 16.6 Å². The molecule has 3 aromatic rings. The van der Waals surface area contributed by atoms with Gasteiger partial charge in [0.25, 0.3) is 0 Å². The fourth-order valence-corrected chi connectivity index (χ4v) is 4.77. The minimum Gasteiger partial charge on any atom is -0.496 e. The lowest BCUT2D eigenvalue weighted by atomic mass is 9.89. The fraction of sp³-hybridized carbons (Fsp3) is 0.321. The lowest BCUT2D eigenvalue weighted by Crippen LogP contribution is -2.21. The van der Waals surface area contributed by atoms with Crippen molar-refractivity contribution in [3.63, 3.8) is 0 Å². The average Bonchev–Trinajstić information content (AvgIpc) is 3.36. The highest BCUT2D eigenvalue weighted by molar-refractivity contribution is 7.00. The molecule has 0 aliphatic heterocycles. The highest BCUT2D eigenvalue weighted by Gasteiger charge is 2.21. The lowest BCUT2D eigenvalue weighted by molar-refractivity contribution is 0.414. The Morgan fingerprint density at radius 3 is 2.32 bits per heavy atom. The van der Waals surface area contributed by atoms with Gasteiger partial charge >= 0.3 is 0 Å². The van der Waals surface area contributed by atoms with Crippen LogP contribution >= 0.6 is 11.7 Å². The Balaban J connectivity index is 1.87. The molecule has 1 aromatic heterocycles. The summed E-state index contributed by atoms with van der Waals surface area (Å²) in [4.78, 5) is 7.06.